The fourth-order valence-electron chi connectivity index (χ4n) is 1.62. The number of hydrogen-bond donors (Lipinski definition) is 2. The second-order valence-electron chi connectivity index (χ2n) is 5.03. The Labute approximate surface area is 145 Å². The Morgan fingerprint density at radius 2 is 1.96 bits per heavy atom. The van der Waals surface area contributed by atoms with Crippen LogP contribution in [-0.2, 0) is 26.3 Å². The predicted octanol–water partition coefficient (Wildman–Crippen LogP) is 1.90. The molecule has 25 heavy (non-hydrogen) atoms. The van der Waals surface area contributed by atoms with Crippen LogP contribution in [-0.4, -0.2) is 45.8 Å². The number of alkyl halides is 3. The lowest BCUT2D eigenvalue weighted by Crippen LogP contribution is -2.36. The summed E-state index contributed by atoms with van der Waals surface area (Å²) in [5, 5.41) is 8.63. The molecule has 0 radical (unpaired) electrons. The van der Waals surface area contributed by atoms with E-state index in [0.717, 1.165) is 12.1 Å². The Balaban J connectivity index is 2.31. The van der Waals surface area contributed by atoms with Gasteiger partial charge in [0.25, 0.3) is 5.91 Å². The van der Waals surface area contributed by atoms with E-state index in [9.17, 15) is 22.2 Å². The Morgan fingerprint density at radius 1 is 1.36 bits per heavy atom. The van der Waals surface area contributed by atoms with Gasteiger partial charge < -0.3 is 4.74 Å². The first kappa shape index (κ1) is 21.4. The van der Waals surface area contributed by atoms with Gasteiger partial charge in [-0.15, -0.1) is 0 Å². The highest BCUT2D eigenvalue weighted by molar-refractivity contribution is 7.81. The molecule has 142 valence electrons. The number of amides is 1. The van der Waals surface area contributed by atoms with Crippen LogP contribution >= 0.6 is 0 Å². The van der Waals surface area contributed by atoms with Crippen molar-refractivity contribution in [1.82, 2.24) is 10.5 Å². The SMILES string of the molecule is CC(C(=O)NO)S(=O)ON(C)CCCOc1ccc(C(F)(F)F)cc1. The molecule has 7 nitrogen and oxygen atoms in total. The fraction of sp³-hybridized carbons (Fsp3) is 0.500. The van der Waals surface area contributed by atoms with Crippen LogP contribution in [0.15, 0.2) is 24.3 Å². The minimum atomic E-state index is -4.39. The van der Waals surface area contributed by atoms with Crippen LogP contribution < -0.4 is 10.2 Å². The highest BCUT2D eigenvalue weighted by Crippen LogP contribution is 2.30. The van der Waals surface area contributed by atoms with Crippen molar-refractivity contribution in [2.24, 2.45) is 0 Å². The molecule has 0 aliphatic carbocycles. The van der Waals surface area contributed by atoms with Gasteiger partial charge in [-0.05, 0) is 37.6 Å². The molecule has 11 heteroatoms. The molecule has 0 saturated heterocycles. The molecule has 0 heterocycles. The van der Waals surface area contributed by atoms with Crippen LogP contribution in [0.25, 0.3) is 0 Å². The summed E-state index contributed by atoms with van der Waals surface area (Å²) in [7, 11) is 1.50. The maximum atomic E-state index is 12.4. The first-order chi connectivity index (χ1) is 11.6. The van der Waals surface area contributed by atoms with Crippen molar-refractivity contribution in [1.29, 1.82) is 0 Å². The molecule has 0 spiro atoms. The van der Waals surface area contributed by atoms with Gasteiger partial charge in [-0.2, -0.15) is 22.5 Å². The minimum Gasteiger partial charge on any atom is -0.494 e. The summed E-state index contributed by atoms with van der Waals surface area (Å²) in [6.45, 7) is 1.83. The molecule has 1 aromatic rings. The zero-order valence-corrected chi connectivity index (χ0v) is 14.4. The van der Waals surface area contributed by atoms with Crippen molar-refractivity contribution >= 4 is 17.0 Å². The molecule has 2 N–H and O–H groups in total. The summed E-state index contributed by atoms with van der Waals surface area (Å²) >= 11 is -1.97. The van der Waals surface area contributed by atoms with Gasteiger partial charge in [-0.3, -0.25) is 10.0 Å². The lowest BCUT2D eigenvalue weighted by Gasteiger charge is -2.17. The van der Waals surface area contributed by atoms with E-state index in [0.29, 0.717) is 18.7 Å². The summed E-state index contributed by atoms with van der Waals surface area (Å²) in [5.74, 6) is -0.536. The molecular formula is C14H19F3N2O5S. The van der Waals surface area contributed by atoms with E-state index in [4.69, 9.17) is 14.2 Å². The van der Waals surface area contributed by atoms with Crippen molar-refractivity contribution in [2.75, 3.05) is 20.2 Å². The van der Waals surface area contributed by atoms with E-state index >= 15 is 0 Å². The van der Waals surface area contributed by atoms with E-state index in [1.54, 1.807) is 0 Å². The van der Waals surface area contributed by atoms with Gasteiger partial charge in [-0.25, -0.2) is 9.69 Å². The molecule has 0 aliphatic rings. The lowest BCUT2D eigenvalue weighted by molar-refractivity contribution is -0.137. The second kappa shape index (κ2) is 9.70. The first-order valence-corrected chi connectivity index (χ1v) is 8.33. The van der Waals surface area contributed by atoms with Crippen LogP contribution in [0.3, 0.4) is 0 Å². The van der Waals surface area contributed by atoms with Crippen molar-refractivity contribution < 1.29 is 36.4 Å². The number of carbonyl (C=O) groups is 1. The molecule has 1 aromatic carbocycles. The van der Waals surface area contributed by atoms with Gasteiger partial charge in [0.1, 0.15) is 11.0 Å². The summed E-state index contributed by atoms with van der Waals surface area (Å²) in [6.07, 6.45) is -3.95. The number of nitrogens with one attached hydrogen (secondary N) is 1. The van der Waals surface area contributed by atoms with Gasteiger partial charge in [-0.1, -0.05) is 0 Å². The molecule has 0 aromatic heterocycles. The lowest BCUT2D eigenvalue weighted by atomic mass is 10.2. The highest BCUT2D eigenvalue weighted by Gasteiger charge is 2.30. The van der Waals surface area contributed by atoms with Crippen molar-refractivity contribution in [3.8, 4) is 5.75 Å². The monoisotopic (exact) mass is 384 g/mol. The van der Waals surface area contributed by atoms with Gasteiger partial charge in [0.2, 0.25) is 0 Å². The van der Waals surface area contributed by atoms with Crippen molar-refractivity contribution in [3.63, 3.8) is 0 Å². The maximum Gasteiger partial charge on any atom is 0.416 e. The van der Waals surface area contributed by atoms with Gasteiger partial charge in [0.15, 0.2) is 11.1 Å². The summed E-state index contributed by atoms with van der Waals surface area (Å²) < 4.78 is 59.3. The van der Waals surface area contributed by atoms with Crippen LogP contribution in [0, 0.1) is 0 Å². The van der Waals surface area contributed by atoms with Crippen LogP contribution in [0.4, 0.5) is 13.2 Å². The van der Waals surface area contributed by atoms with Crippen LogP contribution in [0.5, 0.6) is 5.75 Å². The third kappa shape index (κ3) is 7.38. The number of benzene rings is 1. The number of halogens is 3. The largest absolute Gasteiger partial charge is 0.494 e. The summed E-state index contributed by atoms with van der Waals surface area (Å²) in [5.41, 5.74) is 0.628. The Morgan fingerprint density at radius 3 is 2.48 bits per heavy atom. The third-order valence-corrected chi connectivity index (χ3v) is 4.23. The number of hydroxylamine groups is 3. The average Bonchev–Trinajstić information content (AvgIpc) is 2.56. The molecule has 0 aliphatic heterocycles. The number of carbonyl (C=O) groups excluding carboxylic acids is 1. The van der Waals surface area contributed by atoms with Gasteiger partial charge in [0.05, 0.1) is 12.2 Å². The summed E-state index contributed by atoms with van der Waals surface area (Å²) in [4.78, 5) is 11.1. The van der Waals surface area contributed by atoms with Crippen molar-refractivity contribution in [3.05, 3.63) is 29.8 Å². The van der Waals surface area contributed by atoms with Gasteiger partial charge in [0, 0.05) is 13.6 Å². The zero-order valence-electron chi connectivity index (χ0n) is 13.6. The number of hydrogen-bond acceptors (Lipinski definition) is 6. The average molecular weight is 384 g/mol. The fourth-order valence-corrected chi connectivity index (χ4v) is 2.30. The molecule has 0 fully saturated rings. The smallest absolute Gasteiger partial charge is 0.416 e. The standard InChI is InChI=1S/C14H19F3N2O5S/c1-10(13(20)18-21)25(22)24-19(2)8-3-9-23-12-6-4-11(5-7-12)14(15,16)17/h4-7,10,21H,3,8-9H2,1-2H3,(H,18,20). The molecule has 1 rings (SSSR count). The van der Waals surface area contributed by atoms with Crippen molar-refractivity contribution in [2.45, 2.75) is 24.8 Å². The van der Waals surface area contributed by atoms with E-state index in [1.807, 2.05) is 0 Å². The Hall–Kier alpha value is -1.69. The third-order valence-electron chi connectivity index (χ3n) is 3.04. The predicted molar refractivity (Wildman–Crippen MR) is 82.8 cm³/mol. The second-order valence-corrected chi connectivity index (χ2v) is 6.41. The van der Waals surface area contributed by atoms with Gasteiger partial charge >= 0.3 is 6.18 Å². The molecule has 1 amide bonds. The normalized spacial score (nSPS) is 14.2. The number of rotatable bonds is 9. The quantitative estimate of drug-likeness (QED) is 0.384. The summed E-state index contributed by atoms with van der Waals surface area (Å²) in [6, 6.07) is 4.32. The maximum absolute atomic E-state index is 12.4. The highest BCUT2D eigenvalue weighted by atomic mass is 32.2. The molecule has 0 bridgehead atoms. The first-order valence-electron chi connectivity index (χ1n) is 7.19. The van der Waals surface area contributed by atoms with E-state index in [1.165, 1.54) is 36.6 Å². The van der Waals surface area contributed by atoms with E-state index < -0.39 is 34.0 Å². The topological polar surface area (TPSA) is 88.1 Å². The number of ether oxygens (including phenoxy) is 1. The zero-order chi connectivity index (χ0) is 19.0. The molecule has 0 saturated carbocycles. The molecule has 2 unspecified atom stereocenters. The van der Waals surface area contributed by atoms with E-state index in [-0.39, 0.29) is 6.61 Å². The molecular weight excluding hydrogens is 365 g/mol. The van der Waals surface area contributed by atoms with Crippen LogP contribution in [0.2, 0.25) is 0 Å². The van der Waals surface area contributed by atoms with Crippen LogP contribution in [0.1, 0.15) is 18.9 Å². The molecule has 2 atom stereocenters. The Kier molecular flexibility index (Phi) is 8.29. The minimum absolute atomic E-state index is 0.207. The van der Waals surface area contributed by atoms with E-state index in [2.05, 4.69) is 0 Å². The Bertz CT molecular complexity index is 583. The number of nitrogens with zero attached hydrogens (tertiary/aromatic N) is 1.